The lowest BCUT2D eigenvalue weighted by Gasteiger charge is -2.10. The van der Waals surface area contributed by atoms with E-state index in [0.717, 1.165) is 41.0 Å². The predicted octanol–water partition coefficient (Wildman–Crippen LogP) is 3.70. The minimum atomic E-state index is -0.157. The highest BCUT2D eigenvalue weighted by atomic mass is 16.6. The molecule has 1 aliphatic heterocycles. The summed E-state index contributed by atoms with van der Waals surface area (Å²) >= 11 is 0. The SMILES string of the molecule is Nc1ncccc1C1CC(Cc2ccc(OCc3cccnc3)cc2)=NO1. The minimum absolute atomic E-state index is 0.157. The maximum absolute atomic E-state index is 5.93. The summed E-state index contributed by atoms with van der Waals surface area (Å²) in [7, 11) is 0. The molecule has 0 amide bonds. The normalized spacial score (nSPS) is 15.9. The summed E-state index contributed by atoms with van der Waals surface area (Å²) in [4.78, 5) is 13.7. The average Bonchev–Trinajstić information content (AvgIpc) is 3.17. The summed E-state index contributed by atoms with van der Waals surface area (Å²) in [6, 6.07) is 15.7. The van der Waals surface area contributed by atoms with E-state index in [2.05, 4.69) is 15.1 Å². The van der Waals surface area contributed by atoms with Gasteiger partial charge in [0.2, 0.25) is 0 Å². The molecule has 0 aliphatic carbocycles. The molecule has 1 aliphatic rings. The van der Waals surface area contributed by atoms with Crippen molar-refractivity contribution in [2.75, 3.05) is 5.73 Å². The summed E-state index contributed by atoms with van der Waals surface area (Å²) in [6.45, 7) is 0.502. The van der Waals surface area contributed by atoms with E-state index in [1.54, 1.807) is 18.6 Å². The van der Waals surface area contributed by atoms with Gasteiger partial charge in [0.25, 0.3) is 0 Å². The molecule has 6 nitrogen and oxygen atoms in total. The van der Waals surface area contributed by atoms with Crippen LogP contribution < -0.4 is 10.5 Å². The predicted molar refractivity (Wildman–Crippen MR) is 103 cm³/mol. The highest BCUT2D eigenvalue weighted by molar-refractivity contribution is 5.87. The molecule has 0 fully saturated rings. The first-order chi connectivity index (χ1) is 13.3. The summed E-state index contributed by atoms with van der Waals surface area (Å²) in [5, 5.41) is 4.22. The van der Waals surface area contributed by atoms with E-state index in [9.17, 15) is 0 Å². The van der Waals surface area contributed by atoms with Crippen molar-refractivity contribution in [1.29, 1.82) is 0 Å². The molecule has 3 heterocycles. The number of rotatable bonds is 6. The number of aromatic nitrogens is 2. The van der Waals surface area contributed by atoms with E-state index >= 15 is 0 Å². The van der Waals surface area contributed by atoms with Gasteiger partial charge in [-0.15, -0.1) is 0 Å². The van der Waals surface area contributed by atoms with Gasteiger partial charge in [0.15, 0.2) is 6.10 Å². The van der Waals surface area contributed by atoms with E-state index in [1.807, 2.05) is 48.5 Å². The third kappa shape index (κ3) is 4.23. The monoisotopic (exact) mass is 360 g/mol. The molecule has 0 radical (unpaired) electrons. The number of pyridine rings is 2. The van der Waals surface area contributed by atoms with Gasteiger partial charge in [-0.3, -0.25) is 4.98 Å². The van der Waals surface area contributed by atoms with E-state index in [-0.39, 0.29) is 6.10 Å². The van der Waals surface area contributed by atoms with Gasteiger partial charge in [0.1, 0.15) is 18.2 Å². The zero-order valence-electron chi connectivity index (χ0n) is 14.8. The Kier molecular flexibility index (Phi) is 4.96. The van der Waals surface area contributed by atoms with Gasteiger partial charge in [0, 0.05) is 42.6 Å². The molecular formula is C21H20N4O2. The van der Waals surface area contributed by atoms with Gasteiger partial charge in [-0.2, -0.15) is 0 Å². The van der Waals surface area contributed by atoms with Crippen LogP contribution in [0.25, 0.3) is 0 Å². The van der Waals surface area contributed by atoms with E-state index in [0.29, 0.717) is 12.4 Å². The molecule has 6 heteroatoms. The summed E-state index contributed by atoms with van der Waals surface area (Å²) < 4.78 is 5.79. The zero-order chi connectivity index (χ0) is 18.5. The third-order valence-electron chi connectivity index (χ3n) is 4.41. The molecule has 1 unspecified atom stereocenters. The lowest BCUT2D eigenvalue weighted by molar-refractivity contribution is 0.0860. The van der Waals surface area contributed by atoms with Crippen LogP contribution in [-0.2, 0) is 17.9 Å². The largest absolute Gasteiger partial charge is 0.489 e. The molecule has 0 bridgehead atoms. The van der Waals surface area contributed by atoms with Gasteiger partial charge in [-0.1, -0.05) is 23.4 Å². The minimum Gasteiger partial charge on any atom is -0.489 e. The lowest BCUT2D eigenvalue weighted by Crippen LogP contribution is -2.06. The number of hydrogen-bond acceptors (Lipinski definition) is 6. The molecule has 3 aromatic rings. The fourth-order valence-electron chi connectivity index (χ4n) is 2.99. The van der Waals surface area contributed by atoms with Crippen LogP contribution in [0.1, 0.15) is 29.2 Å². The van der Waals surface area contributed by atoms with Crippen LogP contribution in [0.4, 0.5) is 5.82 Å². The first kappa shape index (κ1) is 17.0. The Morgan fingerprint density at radius 2 is 1.89 bits per heavy atom. The highest BCUT2D eigenvalue weighted by Gasteiger charge is 2.24. The van der Waals surface area contributed by atoms with Crippen molar-refractivity contribution in [3.05, 3.63) is 83.8 Å². The van der Waals surface area contributed by atoms with E-state index < -0.39 is 0 Å². The van der Waals surface area contributed by atoms with Crippen LogP contribution in [0.15, 0.2) is 72.3 Å². The summed E-state index contributed by atoms with van der Waals surface area (Å²) in [5.41, 5.74) is 10.0. The number of benzene rings is 1. The molecule has 0 spiro atoms. The van der Waals surface area contributed by atoms with Crippen LogP contribution >= 0.6 is 0 Å². The smallest absolute Gasteiger partial charge is 0.161 e. The Hall–Kier alpha value is -3.41. The fraction of sp³-hybridized carbons (Fsp3) is 0.190. The Morgan fingerprint density at radius 3 is 2.67 bits per heavy atom. The second-order valence-corrected chi connectivity index (χ2v) is 6.40. The number of oxime groups is 1. The van der Waals surface area contributed by atoms with Crippen molar-refractivity contribution in [2.45, 2.75) is 25.6 Å². The molecule has 1 aromatic carbocycles. The zero-order valence-corrected chi connectivity index (χ0v) is 14.8. The van der Waals surface area contributed by atoms with E-state index in [4.69, 9.17) is 15.3 Å². The molecule has 27 heavy (non-hydrogen) atoms. The standard InChI is InChI=1S/C21H20N4O2/c22-21-19(4-2-10-24-21)20-12-17(25-27-20)11-15-5-7-18(8-6-15)26-14-16-3-1-9-23-13-16/h1-10,13,20H,11-12,14H2,(H2,22,24). The number of nitrogen functional groups attached to an aromatic ring is 1. The number of anilines is 1. The Balaban J connectivity index is 1.32. The topological polar surface area (TPSA) is 82.6 Å². The Labute approximate surface area is 157 Å². The van der Waals surface area contributed by atoms with Gasteiger partial charge in [-0.25, -0.2) is 4.98 Å². The number of nitrogens with zero attached hydrogens (tertiary/aromatic N) is 3. The molecule has 1 atom stereocenters. The van der Waals surface area contributed by atoms with Gasteiger partial charge >= 0.3 is 0 Å². The Bertz CT molecular complexity index is 926. The lowest BCUT2D eigenvalue weighted by atomic mass is 10.0. The third-order valence-corrected chi connectivity index (χ3v) is 4.41. The Morgan fingerprint density at radius 1 is 1.04 bits per heavy atom. The molecular weight excluding hydrogens is 340 g/mol. The van der Waals surface area contributed by atoms with Crippen LogP contribution in [0.3, 0.4) is 0 Å². The van der Waals surface area contributed by atoms with Crippen molar-refractivity contribution in [2.24, 2.45) is 5.16 Å². The van der Waals surface area contributed by atoms with Crippen LogP contribution in [0.2, 0.25) is 0 Å². The summed E-state index contributed by atoms with van der Waals surface area (Å²) in [5.74, 6) is 1.32. The fourth-order valence-corrected chi connectivity index (χ4v) is 2.99. The van der Waals surface area contributed by atoms with Crippen molar-refractivity contribution < 1.29 is 9.57 Å². The highest BCUT2D eigenvalue weighted by Crippen LogP contribution is 2.30. The molecule has 0 saturated heterocycles. The van der Waals surface area contributed by atoms with Crippen molar-refractivity contribution in [3.63, 3.8) is 0 Å². The molecule has 2 aromatic heterocycles. The number of hydrogen-bond donors (Lipinski definition) is 1. The second kappa shape index (κ2) is 7.86. The van der Waals surface area contributed by atoms with Crippen molar-refractivity contribution in [3.8, 4) is 5.75 Å². The van der Waals surface area contributed by atoms with Crippen LogP contribution in [0.5, 0.6) is 5.75 Å². The first-order valence-electron chi connectivity index (χ1n) is 8.80. The van der Waals surface area contributed by atoms with Crippen molar-refractivity contribution in [1.82, 2.24) is 9.97 Å². The van der Waals surface area contributed by atoms with Crippen molar-refractivity contribution >= 4 is 11.5 Å². The van der Waals surface area contributed by atoms with E-state index in [1.165, 1.54) is 0 Å². The number of nitrogens with two attached hydrogens (primary N) is 1. The summed E-state index contributed by atoms with van der Waals surface area (Å²) in [6.07, 6.45) is 6.53. The van der Waals surface area contributed by atoms with Gasteiger partial charge < -0.3 is 15.3 Å². The van der Waals surface area contributed by atoms with Crippen LogP contribution in [-0.4, -0.2) is 15.7 Å². The van der Waals surface area contributed by atoms with Crippen LogP contribution in [0, 0.1) is 0 Å². The molecule has 136 valence electrons. The number of ether oxygens (including phenoxy) is 1. The maximum atomic E-state index is 5.93. The molecule has 4 rings (SSSR count). The van der Waals surface area contributed by atoms with Gasteiger partial charge in [-0.05, 0) is 35.9 Å². The molecule has 2 N–H and O–H groups in total. The molecule has 0 saturated carbocycles. The average molecular weight is 360 g/mol. The second-order valence-electron chi connectivity index (χ2n) is 6.40. The maximum Gasteiger partial charge on any atom is 0.161 e. The first-order valence-corrected chi connectivity index (χ1v) is 8.80. The van der Waals surface area contributed by atoms with Gasteiger partial charge in [0.05, 0.1) is 5.71 Å². The quantitative estimate of drug-likeness (QED) is 0.725.